The number of ether oxygens (including phenoxy) is 2. The van der Waals surface area contributed by atoms with E-state index in [0.717, 1.165) is 42.1 Å². The highest BCUT2D eigenvalue weighted by molar-refractivity contribution is 5.58. The molecule has 1 aliphatic heterocycles. The molecule has 0 saturated carbocycles. The Balaban J connectivity index is 1.92. The summed E-state index contributed by atoms with van der Waals surface area (Å²) in [4.78, 5) is 2.51. The summed E-state index contributed by atoms with van der Waals surface area (Å²) in [5.74, 6) is 2.77. The molecule has 1 aromatic carbocycles. The molecule has 1 heterocycles. The summed E-state index contributed by atoms with van der Waals surface area (Å²) < 4.78 is 11.5. The lowest BCUT2D eigenvalue weighted by Gasteiger charge is -2.19. The molecule has 1 aliphatic rings. The summed E-state index contributed by atoms with van der Waals surface area (Å²) >= 11 is 0. The molecule has 24 heavy (non-hydrogen) atoms. The molecule has 136 valence electrons. The van der Waals surface area contributed by atoms with Crippen LogP contribution in [-0.4, -0.2) is 38.3 Å². The summed E-state index contributed by atoms with van der Waals surface area (Å²) in [5.41, 5.74) is 8.21. The van der Waals surface area contributed by atoms with Crippen LogP contribution in [0.5, 0.6) is 11.5 Å². The Hall–Kier alpha value is -1.42. The van der Waals surface area contributed by atoms with Crippen molar-refractivity contribution in [3.63, 3.8) is 0 Å². The molecule has 1 atom stereocenters. The van der Waals surface area contributed by atoms with Gasteiger partial charge >= 0.3 is 0 Å². The van der Waals surface area contributed by atoms with Gasteiger partial charge < -0.3 is 20.1 Å². The smallest absolute Gasteiger partial charge is 0.163 e. The largest absolute Gasteiger partial charge is 0.493 e. The van der Waals surface area contributed by atoms with E-state index in [4.69, 9.17) is 15.2 Å². The second-order valence-corrected chi connectivity index (χ2v) is 7.38. The fourth-order valence-corrected chi connectivity index (χ4v) is 3.13. The molecule has 2 rings (SSSR count). The van der Waals surface area contributed by atoms with Crippen LogP contribution in [0.15, 0.2) is 12.1 Å². The van der Waals surface area contributed by atoms with Gasteiger partial charge in [0.15, 0.2) is 11.5 Å². The fourth-order valence-electron chi connectivity index (χ4n) is 3.13. The topological polar surface area (TPSA) is 47.7 Å². The van der Waals surface area contributed by atoms with Crippen molar-refractivity contribution < 1.29 is 9.47 Å². The molecular formula is C20H34N2O2. The van der Waals surface area contributed by atoms with Crippen LogP contribution >= 0.6 is 0 Å². The van der Waals surface area contributed by atoms with Gasteiger partial charge in [0.2, 0.25) is 0 Å². The zero-order valence-electron chi connectivity index (χ0n) is 15.8. The van der Waals surface area contributed by atoms with E-state index in [1.54, 1.807) is 7.11 Å². The summed E-state index contributed by atoms with van der Waals surface area (Å²) in [6.07, 6.45) is 4.67. The van der Waals surface area contributed by atoms with Gasteiger partial charge in [-0.3, -0.25) is 0 Å². The standard InChI is InChI=1S/C20H34N2O2/c1-15(2)16(3)12-17-13-19(23-4)20(14-18(17)21)24-11-7-10-22-8-5-6-9-22/h13-16H,5-12,21H2,1-4H3. The second-order valence-electron chi connectivity index (χ2n) is 7.38. The number of hydrogen-bond acceptors (Lipinski definition) is 4. The molecule has 0 aromatic heterocycles. The Morgan fingerprint density at radius 1 is 1.12 bits per heavy atom. The van der Waals surface area contributed by atoms with Gasteiger partial charge in [0.05, 0.1) is 13.7 Å². The van der Waals surface area contributed by atoms with Gasteiger partial charge in [0, 0.05) is 18.3 Å². The Bertz CT molecular complexity index is 511. The average molecular weight is 335 g/mol. The van der Waals surface area contributed by atoms with E-state index >= 15 is 0 Å². The van der Waals surface area contributed by atoms with E-state index in [0.29, 0.717) is 18.4 Å². The Labute approximate surface area is 147 Å². The summed E-state index contributed by atoms with van der Waals surface area (Å²) in [6.45, 7) is 11.0. The van der Waals surface area contributed by atoms with Crippen molar-refractivity contribution in [3.8, 4) is 11.5 Å². The van der Waals surface area contributed by atoms with E-state index < -0.39 is 0 Å². The van der Waals surface area contributed by atoms with Crippen LogP contribution in [0.1, 0.15) is 45.6 Å². The molecule has 0 aliphatic carbocycles. The van der Waals surface area contributed by atoms with Gasteiger partial charge in [-0.2, -0.15) is 0 Å². The monoisotopic (exact) mass is 334 g/mol. The molecule has 1 unspecified atom stereocenters. The fraction of sp³-hybridized carbons (Fsp3) is 0.700. The first kappa shape index (κ1) is 18.9. The minimum absolute atomic E-state index is 0.587. The van der Waals surface area contributed by atoms with Crippen molar-refractivity contribution in [2.24, 2.45) is 11.8 Å². The SMILES string of the molecule is COc1cc(CC(C)C(C)C)c(N)cc1OCCCN1CCCC1. The molecule has 0 spiro atoms. The third-order valence-corrected chi connectivity index (χ3v) is 5.18. The molecule has 0 amide bonds. The van der Waals surface area contributed by atoms with E-state index in [9.17, 15) is 0 Å². The average Bonchev–Trinajstić information content (AvgIpc) is 3.06. The Morgan fingerprint density at radius 2 is 1.83 bits per heavy atom. The highest BCUT2D eigenvalue weighted by Gasteiger charge is 2.15. The first-order valence-electron chi connectivity index (χ1n) is 9.32. The number of hydrogen-bond donors (Lipinski definition) is 1. The number of anilines is 1. The number of rotatable bonds is 9. The highest BCUT2D eigenvalue weighted by Crippen LogP contribution is 2.34. The molecular weight excluding hydrogens is 300 g/mol. The molecule has 4 nitrogen and oxygen atoms in total. The van der Waals surface area contributed by atoms with Gasteiger partial charge in [-0.25, -0.2) is 0 Å². The van der Waals surface area contributed by atoms with Crippen LogP contribution in [0.25, 0.3) is 0 Å². The summed E-state index contributed by atoms with van der Waals surface area (Å²) in [5, 5.41) is 0. The van der Waals surface area contributed by atoms with E-state index in [1.807, 2.05) is 12.1 Å². The number of benzene rings is 1. The van der Waals surface area contributed by atoms with Gasteiger partial charge in [-0.1, -0.05) is 20.8 Å². The molecule has 2 N–H and O–H groups in total. The molecule has 0 radical (unpaired) electrons. The van der Waals surface area contributed by atoms with Crippen molar-refractivity contribution in [1.29, 1.82) is 0 Å². The summed E-state index contributed by atoms with van der Waals surface area (Å²) in [6, 6.07) is 3.97. The Kier molecular flexibility index (Phi) is 7.22. The van der Waals surface area contributed by atoms with Crippen LogP contribution in [0.4, 0.5) is 5.69 Å². The van der Waals surface area contributed by atoms with Crippen LogP contribution in [0.2, 0.25) is 0 Å². The lowest BCUT2D eigenvalue weighted by molar-refractivity contribution is 0.254. The third kappa shape index (κ3) is 5.30. The van der Waals surface area contributed by atoms with Crippen molar-refractivity contribution in [3.05, 3.63) is 17.7 Å². The quantitative estimate of drug-likeness (QED) is 0.548. The van der Waals surface area contributed by atoms with Crippen molar-refractivity contribution in [2.75, 3.05) is 39.1 Å². The van der Waals surface area contributed by atoms with E-state index in [-0.39, 0.29) is 0 Å². The van der Waals surface area contributed by atoms with E-state index in [1.165, 1.54) is 25.9 Å². The Morgan fingerprint density at radius 3 is 2.46 bits per heavy atom. The first-order valence-corrected chi connectivity index (χ1v) is 9.32. The molecule has 1 fully saturated rings. The van der Waals surface area contributed by atoms with E-state index in [2.05, 4.69) is 25.7 Å². The molecule has 4 heteroatoms. The third-order valence-electron chi connectivity index (χ3n) is 5.18. The minimum atomic E-state index is 0.587. The van der Waals surface area contributed by atoms with Crippen LogP contribution in [0.3, 0.4) is 0 Å². The lowest BCUT2D eigenvalue weighted by atomic mass is 9.90. The van der Waals surface area contributed by atoms with Gasteiger partial charge in [-0.15, -0.1) is 0 Å². The first-order chi connectivity index (χ1) is 11.5. The van der Waals surface area contributed by atoms with Crippen molar-refractivity contribution >= 4 is 5.69 Å². The lowest BCUT2D eigenvalue weighted by Crippen LogP contribution is -2.22. The second kappa shape index (κ2) is 9.16. The molecule has 1 saturated heterocycles. The van der Waals surface area contributed by atoms with Crippen molar-refractivity contribution in [1.82, 2.24) is 4.90 Å². The molecule has 0 bridgehead atoms. The number of methoxy groups -OCH3 is 1. The minimum Gasteiger partial charge on any atom is -0.493 e. The maximum Gasteiger partial charge on any atom is 0.163 e. The number of nitrogens with two attached hydrogens (primary N) is 1. The zero-order valence-corrected chi connectivity index (χ0v) is 15.8. The van der Waals surface area contributed by atoms with Gasteiger partial charge in [0.25, 0.3) is 0 Å². The maximum absolute atomic E-state index is 6.25. The number of nitrogen functional groups attached to an aromatic ring is 1. The number of nitrogens with zero attached hydrogens (tertiary/aromatic N) is 1. The zero-order chi connectivity index (χ0) is 17.5. The normalized spacial score (nSPS) is 16.5. The van der Waals surface area contributed by atoms with Gasteiger partial charge in [0.1, 0.15) is 0 Å². The number of likely N-dealkylation sites (tertiary alicyclic amines) is 1. The molecule has 1 aromatic rings. The summed E-state index contributed by atoms with van der Waals surface area (Å²) in [7, 11) is 1.69. The predicted molar refractivity (Wildman–Crippen MR) is 101 cm³/mol. The van der Waals surface area contributed by atoms with Crippen LogP contribution in [-0.2, 0) is 6.42 Å². The van der Waals surface area contributed by atoms with Crippen LogP contribution in [0, 0.1) is 11.8 Å². The van der Waals surface area contributed by atoms with Crippen molar-refractivity contribution in [2.45, 2.75) is 46.5 Å². The predicted octanol–water partition coefficient (Wildman–Crippen LogP) is 3.98. The van der Waals surface area contributed by atoms with Crippen LogP contribution < -0.4 is 15.2 Å². The maximum atomic E-state index is 6.25. The highest BCUT2D eigenvalue weighted by atomic mass is 16.5. The van der Waals surface area contributed by atoms with Gasteiger partial charge in [-0.05, 0) is 62.2 Å².